The molecule has 0 heterocycles. The average Bonchev–Trinajstić information content (AvgIpc) is 2.92. The molecule has 188 valence electrons. The number of rotatable bonds is 8. The van der Waals surface area contributed by atoms with Crippen molar-refractivity contribution in [1.82, 2.24) is 0 Å². The predicted octanol–water partition coefficient (Wildman–Crippen LogP) is 5.91. The van der Waals surface area contributed by atoms with Crippen molar-refractivity contribution in [2.75, 3.05) is 11.9 Å². The van der Waals surface area contributed by atoms with Gasteiger partial charge in [-0.15, -0.1) is 0 Å². The molecule has 0 radical (unpaired) electrons. The summed E-state index contributed by atoms with van der Waals surface area (Å²) >= 11 is 0. The first-order valence-electron chi connectivity index (χ1n) is 11.5. The molecule has 38 heavy (non-hydrogen) atoms. The third kappa shape index (κ3) is 5.66. The van der Waals surface area contributed by atoms with E-state index in [0.29, 0.717) is 11.1 Å². The smallest absolute Gasteiger partial charge is 0.344 e. The van der Waals surface area contributed by atoms with E-state index in [0.717, 1.165) is 10.8 Å². The number of anilines is 1. The number of hydrogen-bond donors (Lipinski definition) is 1. The summed E-state index contributed by atoms with van der Waals surface area (Å²) in [5.74, 6) is -0.963. The maximum Gasteiger partial charge on any atom is 0.344 e. The molecule has 1 N–H and O–H groups in total. The Kier molecular flexibility index (Phi) is 7.74. The van der Waals surface area contributed by atoms with Crippen LogP contribution in [0.25, 0.3) is 16.8 Å². The van der Waals surface area contributed by atoms with Gasteiger partial charge in [-0.1, -0.05) is 54.6 Å². The summed E-state index contributed by atoms with van der Waals surface area (Å²) in [5.41, 5.74) is 0.204. The van der Waals surface area contributed by atoms with Crippen LogP contribution in [0.15, 0.2) is 90.5 Å². The Morgan fingerprint density at radius 3 is 2.50 bits per heavy atom. The summed E-state index contributed by atoms with van der Waals surface area (Å²) in [6, 6.07) is 24.8. The number of para-hydroxylation sites is 2. The fourth-order valence-electron chi connectivity index (χ4n) is 3.77. The standard InChI is InChI=1S/C29H21N3O6/c1-2-37-27-17-19(16-21(18-30)28(33)31-24-12-5-6-13-25(24)32(35)36)14-15-26(27)38-29(34)23-11-7-9-20-8-3-4-10-22(20)23/h3-17H,2H2,1H3,(H,31,33)/b21-16-. The maximum absolute atomic E-state index is 13.0. The van der Waals surface area contributed by atoms with Gasteiger partial charge in [0, 0.05) is 6.07 Å². The summed E-state index contributed by atoms with van der Waals surface area (Å²) < 4.78 is 11.3. The number of fused-ring (bicyclic) bond motifs is 1. The van der Waals surface area contributed by atoms with Gasteiger partial charge >= 0.3 is 5.97 Å². The third-order valence-electron chi connectivity index (χ3n) is 5.50. The van der Waals surface area contributed by atoms with E-state index in [9.17, 15) is 25.0 Å². The number of ether oxygens (including phenoxy) is 2. The summed E-state index contributed by atoms with van der Waals surface area (Å²) in [6.07, 6.45) is 1.31. The van der Waals surface area contributed by atoms with Gasteiger partial charge in [0.05, 0.1) is 17.1 Å². The van der Waals surface area contributed by atoms with E-state index in [4.69, 9.17) is 9.47 Å². The van der Waals surface area contributed by atoms with Crippen molar-refractivity contribution >= 4 is 40.1 Å². The molecule has 0 saturated heterocycles. The number of amides is 1. The Morgan fingerprint density at radius 1 is 1.00 bits per heavy atom. The van der Waals surface area contributed by atoms with Crippen LogP contribution in [0, 0.1) is 21.4 Å². The number of hydrogen-bond acceptors (Lipinski definition) is 7. The van der Waals surface area contributed by atoms with E-state index in [1.165, 1.54) is 42.5 Å². The molecular weight excluding hydrogens is 486 g/mol. The second-order valence-corrected chi connectivity index (χ2v) is 7.95. The van der Waals surface area contributed by atoms with E-state index in [1.54, 1.807) is 25.1 Å². The van der Waals surface area contributed by atoms with E-state index < -0.39 is 16.8 Å². The lowest BCUT2D eigenvalue weighted by atomic mass is 10.0. The maximum atomic E-state index is 13.0. The molecule has 0 atom stereocenters. The minimum absolute atomic E-state index is 0.0330. The van der Waals surface area contributed by atoms with Gasteiger partial charge in [-0.2, -0.15) is 5.26 Å². The van der Waals surface area contributed by atoms with Crippen LogP contribution in [0.3, 0.4) is 0 Å². The predicted molar refractivity (Wildman–Crippen MR) is 142 cm³/mol. The molecule has 0 aromatic heterocycles. The zero-order valence-electron chi connectivity index (χ0n) is 20.2. The van der Waals surface area contributed by atoms with Gasteiger partial charge in [0.15, 0.2) is 11.5 Å². The van der Waals surface area contributed by atoms with Crippen LogP contribution in [0.4, 0.5) is 11.4 Å². The molecule has 0 bridgehead atoms. The molecule has 1 amide bonds. The molecule has 9 nitrogen and oxygen atoms in total. The van der Waals surface area contributed by atoms with Crippen LogP contribution in [0.2, 0.25) is 0 Å². The van der Waals surface area contributed by atoms with Crippen molar-refractivity contribution in [1.29, 1.82) is 5.26 Å². The van der Waals surface area contributed by atoms with Crippen LogP contribution in [-0.2, 0) is 4.79 Å². The van der Waals surface area contributed by atoms with Crippen LogP contribution < -0.4 is 14.8 Å². The zero-order valence-corrected chi connectivity index (χ0v) is 20.2. The molecule has 0 fully saturated rings. The minimum Gasteiger partial charge on any atom is -0.490 e. The highest BCUT2D eigenvalue weighted by molar-refractivity contribution is 6.10. The van der Waals surface area contributed by atoms with Gasteiger partial charge in [-0.05, 0) is 53.6 Å². The number of benzene rings is 4. The van der Waals surface area contributed by atoms with E-state index in [2.05, 4.69) is 5.32 Å². The number of nitrogens with zero attached hydrogens (tertiary/aromatic N) is 2. The SMILES string of the molecule is CCOc1cc(/C=C(/C#N)C(=O)Nc2ccccc2[N+](=O)[O-])ccc1OC(=O)c1cccc2ccccc12. The first kappa shape index (κ1) is 25.6. The molecule has 4 aromatic carbocycles. The highest BCUT2D eigenvalue weighted by atomic mass is 16.6. The van der Waals surface area contributed by atoms with Gasteiger partial charge in [-0.3, -0.25) is 14.9 Å². The van der Waals surface area contributed by atoms with Crippen LogP contribution in [-0.4, -0.2) is 23.4 Å². The lowest BCUT2D eigenvalue weighted by Crippen LogP contribution is -2.14. The van der Waals surface area contributed by atoms with Gasteiger partial charge in [-0.25, -0.2) is 4.79 Å². The second-order valence-electron chi connectivity index (χ2n) is 7.95. The van der Waals surface area contributed by atoms with E-state index in [-0.39, 0.29) is 35.1 Å². The molecule has 0 aliphatic heterocycles. The number of carbonyl (C=O) groups is 2. The first-order valence-corrected chi connectivity index (χ1v) is 11.5. The average molecular weight is 508 g/mol. The lowest BCUT2D eigenvalue weighted by molar-refractivity contribution is -0.383. The Morgan fingerprint density at radius 2 is 1.74 bits per heavy atom. The fourth-order valence-corrected chi connectivity index (χ4v) is 3.77. The van der Waals surface area contributed by atoms with Crippen molar-refractivity contribution in [2.45, 2.75) is 6.92 Å². The van der Waals surface area contributed by atoms with Crippen LogP contribution in [0.1, 0.15) is 22.8 Å². The van der Waals surface area contributed by atoms with Gasteiger partial charge in [0.2, 0.25) is 0 Å². The molecule has 4 aromatic rings. The number of carbonyl (C=O) groups excluding carboxylic acids is 2. The monoisotopic (exact) mass is 507 g/mol. The Hall–Kier alpha value is -5.49. The summed E-state index contributed by atoms with van der Waals surface area (Å²) in [6.45, 7) is 2.04. The number of nitriles is 1. The Labute approximate surface area is 217 Å². The van der Waals surface area contributed by atoms with Gasteiger partial charge in [0.1, 0.15) is 17.3 Å². The first-order chi connectivity index (χ1) is 18.4. The normalized spacial score (nSPS) is 10.9. The Balaban J connectivity index is 1.60. The molecule has 0 spiro atoms. The van der Waals surface area contributed by atoms with Crippen molar-refractivity contribution < 1.29 is 24.0 Å². The minimum atomic E-state index is -0.814. The van der Waals surface area contributed by atoms with Crippen molar-refractivity contribution in [3.05, 3.63) is 112 Å². The quantitative estimate of drug-likeness (QED) is 0.0783. The van der Waals surface area contributed by atoms with Crippen molar-refractivity contribution in [3.63, 3.8) is 0 Å². The summed E-state index contributed by atoms with van der Waals surface area (Å²) in [5, 5.41) is 24.8. The topological polar surface area (TPSA) is 132 Å². The van der Waals surface area contributed by atoms with Gasteiger partial charge < -0.3 is 14.8 Å². The van der Waals surface area contributed by atoms with Crippen molar-refractivity contribution in [3.8, 4) is 17.6 Å². The zero-order chi connectivity index (χ0) is 27.1. The summed E-state index contributed by atoms with van der Waals surface area (Å²) in [7, 11) is 0. The van der Waals surface area contributed by atoms with Crippen molar-refractivity contribution in [2.24, 2.45) is 0 Å². The van der Waals surface area contributed by atoms with Crippen LogP contribution >= 0.6 is 0 Å². The molecule has 4 rings (SSSR count). The van der Waals surface area contributed by atoms with Gasteiger partial charge in [0.25, 0.3) is 11.6 Å². The lowest BCUT2D eigenvalue weighted by Gasteiger charge is -2.12. The largest absolute Gasteiger partial charge is 0.490 e. The number of nitro benzene ring substituents is 1. The number of nitrogens with one attached hydrogen (secondary N) is 1. The molecule has 0 aliphatic carbocycles. The second kappa shape index (κ2) is 11.5. The van der Waals surface area contributed by atoms with Crippen LogP contribution in [0.5, 0.6) is 11.5 Å². The molecule has 0 saturated carbocycles. The van der Waals surface area contributed by atoms with E-state index >= 15 is 0 Å². The molecular formula is C29H21N3O6. The molecule has 0 unspecified atom stereocenters. The number of nitro groups is 1. The molecule has 9 heteroatoms. The third-order valence-corrected chi connectivity index (χ3v) is 5.50. The fraction of sp³-hybridized carbons (Fsp3) is 0.0690. The highest BCUT2D eigenvalue weighted by Gasteiger charge is 2.19. The highest BCUT2D eigenvalue weighted by Crippen LogP contribution is 2.31. The van der Waals surface area contributed by atoms with E-state index in [1.807, 2.05) is 36.4 Å². The number of esters is 1. The Bertz CT molecular complexity index is 1620. The summed E-state index contributed by atoms with van der Waals surface area (Å²) in [4.78, 5) is 36.3. The molecule has 0 aliphatic rings.